The number of para-hydroxylation sites is 1. The van der Waals surface area contributed by atoms with E-state index in [9.17, 15) is 14.4 Å². The minimum absolute atomic E-state index is 0.397. The molecule has 1 aliphatic rings. The van der Waals surface area contributed by atoms with Gasteiger partial charge in [-0.1, -0.05) is 30.3 Å². The number of amides is 1. The van der Waals surface area contributed by atoms with Crippen molar-refractivity contribution in [3.05, 3.63) is 65.7 Å². The van der Waals surface area contributed by atoms with Crippen molar-refractivity contribution in [2.75, 3.05) is 21.3 Å². The molecule has 0 saturated carbocycles. The second-order valence-electron chi connectivity index (χ2n) is 9.80. The zero-order chi connectivity index (χ0) is 27.9. The van der Waals surface area contributed by atoms with Crippen molar-refractivity contribution in [2.24, 2.45) is 5.92 Å². The van der Waals surface area contributed by atoms with Crippen LogP contribution in [-0.4, -0.2) is 57.1 Å². The number of benzene rings is 2. The first-order valence-electron chi connectivity index (χ1n) is 12.3. The van der Waals surface area contributed by atoms with Gasteiger partial charge in [0.05, 0.1) is 26.9 Å². The van der Waals surface area contributed by atoms with Crippen molar-refractivity contribution in [1.29, 1.82) is 0 Å². The van der Waals surface area contributed by atoms with E-state index in [1.54, 1.807) is 63.2 Å². The lowest BCUT2D eigenvalue weighted by molar-refractivity contribution is -0.144. The predicted octanol–water partition coefficient (Wildman–Crippen LogP) is 4.79. The summed E-state index contributed by atoms with van der Waals surface area (Å²) in [5, 5.41) is 2.68. The van der Waals surface area contributed by atoms with Crippen LogP contribution in [0.15, 0.2) is 54.6 Å². The number of ether oxygens (including phenoxy) is 5. The van der Waals surface area contributed by atoms with Crippen molar-refractivity contribution in [1.82, 2.24) is 5.32 Å². The Balaban J connectivity index is 2.04. The lowest BCUT2D eigenvalue weighted by Crippen LogP contribution is -2.49. The number of hydrogen-bond acceptors (Lipinski definition) is 8. The summed E-state index contributed by atoms with van der Waals surface area (Å²) in [4.78, 5) is 38.4. The van der Waals surface area contributed by atoms with Crippen LogP contribution in [0.1, 0.15) is 49.5 Å². The fourth-order valence-electron chi connectivity index (χ4n) is 4.41. The van der Waals surface area contributed by atoms with Gasteiger partial charge in [-0.25, -0.2) is 14.4 Å². The van der Waals surface area contributed by atoms with Crippen LogP contribution >= 0.6 is 0 Å². The fraction of sp³-hybridized carbons (Fsp3) is 0.414. The average molecular weight is 526 g/mol. The Morgan fingerprint density at radius 3 is 2.24 bits per heavy atom. The molecule has 3 atom stereocenters. The predicted molar refractivity (Wildman–Crippen MR) is 141 cm³/mol. The van der Waals surface area contributed by atoms with Gasteiger partial charge in [-0.2, -0.15) is 0 Å². The molecule has 0 unspecified atom stereocenters. The third kappa shape index (κ3) is 7.06. The molecular weight excluding hydrogens is 490 g/mol. The van der Waals surface area contributed by atoms with Gasteiger partial charge >= 0.3 is 18.0 Å². The molecule has 9 heteroatoms. The lowest BCUT2D eigenvalue weighted by Gasteiger charge is -2.34. The van der Waals surface area contributed by atoms with Crippen LogP contribution in [0.2, 0.25) is 0 Å². The normalized spacial score (nSPS) is 17.9. The van der Waals surface area contributed by atoms with E-state index in [1.807, 2.05) is 12.1 Å². The third-order valence-corrected chi connectivity index (χ3v) is 6.04. The van der Waals surface area contributed by atoms with Gasteiger partial charge in [0.1, 0.15) is 17.7 Å². The fourth-order valence-corrected chi connectivity index (χ4v) is 4.41. The Morgan fingerprint density at radius 1 is 0.921 bits per heavy atom. The SMILES string of the molecule is COC(=O)[C@@H](NC(=O)OC(C)(C)C)[C@@H]1CC[C@@H](OC(=O)c2ccccc2)C=C1c1cccc(OC)c1OC. The zero-order valence-corrected chi connectivity index (χ0v) is 22.6. The highest BCUT2D eigenvalue weighted by atomic mass is 16.6. The van der Waals surface area contributed by atoms with Gasteiger partial charge < -0.3 is 29.0 Å². The van der Waals surface area contributed by atoms with Gasteiger partial charge in [0, 0.05) is 11.5 Å². The smallest absolute Gasteiger partial charge is 0.408 e. The Bertz CT molecular complexity index is 1170. The van der Waals surface area contributed by atoms with E-state index in [0.717, 1.165) is 0 Å². The molecule has 1 aliphatic carbocycles. The molecule has 1 N–H and O–H groups in total. The van der Waals surface area contributed by atoms with Gasteiger partial charge in [-0.15, -0.1) is 0 Å². The molecule has 0 bridgehead atoms. The van der Waals surface area contributed by atoms with Crippen LogP contribution in [0.4, 0.5) is 4.79 Å². The van der Waals surface area contributed by atoms with Gasteiger partial charge in [0.2, 0.25) is 0 Å². The molecular formula is C29H35NO8. The molecule has 0 saturated heterocycles. The first-order chi connectivity index (χ1) is 18.1. The summed E-state index contributed by atoms with van der Waals surface area (Å²) in [6.45, 7) is 5.20. The molecule has 0 fully saturated rings. The van der Waals surface area contributed by atoms with E-state index in [1.165, 1.54) is 21.3 Å². The monoisotopic (exact) mass is 525 g/mol. The van der Waals surface area contributed by atoms with Crippen LogP contribution in [-0.2, 0) is 19.0 Å². The second kappa shape index (κ2) is 12.5. The first-order valence-corrected chi connectivity index (χ1v) is 12.3. The zero-order valence-electron chi connectivity index (χ0n) is 22.6. The van der Waals surface area contributed by atoms with Crippen molar-refractivity contribution in [2.45, 2.75) is 51.4 Å². The van der Waals surface area contributed by atoms with E-state index < -0.39 is 41.7 Å². The highest BCUT2D eigenvalue weighted by Crippen LogP contribution is 2.43. The van der Waals surface area contributed by atoms with Crippen molar-refractivity contribution in [3.8, 4) is 11.5 Å². The summed E-state index contributed by atoms with van der Waals surface area (Å²) in [5.41, 5.74) is 0.951. The van der Waals surface area contributed by atoms with Crippen molar-refractivity contribution in [3.63, 3.8) is 0 Å². The molecule has 0 aromatic heterocycles. The Labute approximate surface area is 223 Å². The van der Waals surface area contributed by atoms with Crippen molar-refractivity contribution < 1.29 is 38.1 Å². The summed E-state index contributed by atoms with van der Waals surface area (Å²) in [7, 11) is 4.30. The number of carbonyl (C=O) groups excluding carboxylic acids is 3. The highest BCUT2D eigenvalue weighted by Gasteiger charge is 2.39. The van der Waals surface area contributed by atoms with E-state index in [0.29, 0.717) is 41.0 Å². The summed E-state index contributed by atoms with van der Waals surface area (Å²) < 4.78 is 27.4. The first kappa shape index (κ1) is 28.6. The number of methoxy groups -OCH3 is 3. The largest absolute Gasteiger partial charge is 0.493 e. The topological polar surface area (TPSA) is 109 Å². The average Bonchev–Trinajstić information content (AvgIpc) is 2.90. The third-order valence-electron chi connectivity index (χ3n) is 6.04. The quantitative estimate of drug-likeness (QED) is 0.387. The molecule has 9 nitrogen and oxygen atoms in total. The molecule has 0 spiro atoms. The summed E-state index contributed by atoms with van der Waals surface area (Å²) >= 11 is 0. The number of rotatable bonds is 8. The van der Waals surface area contributed by atoms with Crippen LogP contribution in [0.5, 0.6) is 11.5 Å². The van der Waals surface area contributed by atoms with Crippen LogP contribution in [0.25, 0.3) is 5.57 Å². The molecule has 0 radical (unpaired) electrons. The maximum Gasteiger partial charge on any atom is 0.408 e. The van der Waals surface area contributed by atoms with Crippen LogP contribution in [0, 0.1) is 5.92 Å². The molecule has 0 aliphatic heterocycles. The number of nitrogens with one attached hydrogen (secondary N) is 1. The summed E-state index contributed by atoms with van der Waals surface area (Å²) in [5.74, 6) is -0.695. The van der Waals surface area contributed by atoms with E-state index in [2.05, 4.69) is 5.32 Å². The minimum Gasteiger partial charge on any atom is -0.493 e. The van der Waals surface area contributed by atoms with Crippen LogP contribution in [0.3, 0.4) is 0 Å². The highest BCUT2D eigenvalue weighted by molar-refractivity contribution is 5.90. The Kier molecular flexibility index (Phi) is 9.39. The Morgan fingerprint density at radius 2 is 1.63 bits per heavy atom. The summed E-state index contributed by atoms with van der Waals surface area (Å²) in [6.07, 6.45) is 1.28. The van der Waals surface area contributed by atoms with Crippen molar-refractivity contribution >= 4 is 23.6 Å². The van der Waals surface area contributed by atoms with Gasteiger partial charge in [0.15, 0.2) is 11.5 Å². The van der Waals surface area contributed by atoms with E-state index in [4.69, 9.17) is 23.7 Å². The molecule has 2 aromatic carbocycles. The van der Waals surface area contributed by atoms with Gasteiger partial charge in [-0.05, 0) is 63.5 Å². The molecule has 204 valence electrons. The maximum atomic E-state index is 13.0. The molecule has 38 heavy (non-hydrogen) atoms. The maximum absolute atomic E-state index is 13.0. The standard InChI is InChI=1S/C29H35NO8/c1-29(2,3)38-28(33)30-24(27(32)36-6)20-16-15-19(37-26(31)18-11-8-7-9-12-18)17-22(20)21-13-10-14-23(34-4)25(21)35-5/h7-14,17,19-20,24H,15-16H2,1-6H3,(H,30,33)/t19-,20-,24+/m1/s1. The molecule has 2 aromatic rings. The molecule has 1 amide bonds. The minimum atomic E-state index is -1.07. The van der Waals surface area contributed by atoms with Crippen LogP contribution < -0.4 is 14.8 Å². The molecule has 3 rings (SSSR count). The number of carbonyl (C=O) groups is 3. The number of hydrogen-bond donors (Lipinski definition) is 1. The van der Waals surface area contributed by atoms with E-state index in [-0.39, 0.29) is 0 Å². The second-order valence-corrected chi connectivity index (χ2v) is 9.80. The van der Waals surface area contributed by atoms with E-state index >= 15 is 0 Å². The molecule has 0 heterocycles. The number of alkyl carbamates (subject to hydrolysis) is 1. The van der Waals surface area contributed by atoms with Gasteiger partial charge in [0.25, 0.3) is 0 Å². The Hall–Kier alpha value is -4.01. The van der Waals surface area contributed by atoms with Gasteiger partial charge in [-0.3, -0.25) is 0 Å². The summed E-state index contributed by atoms with van der Waals surface area (Å²) in [6, 6.07) is 13.0. The lowest BCUT2D eigenvalue weighted by atomic mass is 9.78. The number of esters is 2.